The van der Waals surface area contributed by atoms with Crippen LogP contribution in [0.3, 0.4) is 0 Å². The summed E-state index contributed by atoms with van der Waals surface area (Å²) in [4.78, 5) is 8.67. The van der Waals surface area contributed by atoms with E-state index < -0.39 is 0 Å². The molecule has 0 aliphatic heterocycles. The predicted molar refractivity (Wildman–Crippen MR) is 61.4 cm³/mol. The Morgan fingerprint density at radius 1 is 1.47 bits per heavy atom. The van der Waals surface area contributed by atoms with Crippen molar-refractivity contribution < 1.29 is 0 Å². The summed E-state index contributed by atoms with van der Waals surface area (Å²) in [7, 11) is 0. The number of nitrogen functional groups attached to an aromatic ring is 1. The Kier molecular flexibility index (Phi) is 3.19. The fourth-order valence-corrected chi connectivity index (χ4v) is 2.48. The Hall–Kier alpha value is -1.12. The zero-order chi connectivity index (χ0) is 10.7. The fourth-order valence-electron chi connectivity index (χ4n) is 2.48. The van der Waals surface area contributed by atoms with Crippen molar-refractivity contribution in [1.29, 1.82) is 0 Å². The van der Waals surface area contributed by atoms with E-state index in [1.54, 1.807) is 12.3 Å². The summed E-state index contributed by atoms with van der Waals surface area (Å²) in [6, 6.07) is 1.75. The van der Waals surface area contributed by atoms with Crippen molar-refractivity contribution in [1.82, 2.24) is 9.97 Å². The Bertz CT molecular complexity index is 324. The van der Waals surface area contributed by atoms with Gasteiger partial charge in [-0.25, -0.2) is 9.97 Å². The molecule has 3 nitrogen and oxygen atoms in total. The van der Waals surface area contributed by atoms with E-state index in [1.165, 1.54) is 32.1 Å². The molecule has 0 amide bonds. The predicted octanol–water partition coefficient (Wildman–Crippen LogP) is 2.74. The van der Waals surface area contributed by atoms with Gasteiger partial charge in [-0.2, -0.15) is 0 Å². The van der Waals surface area contributed by atoms with Crippen LogP contribution in [0.4, 0.5) is 5.82 Å². The average molecular weight is 205 g/mol. The lowest BCUT2D eigenvalue weighted by Crippen LogP contribution is -2.16. The Balaban J connectivity index is 2.09. The maximum atomic E-state index is 5.68. The van der Waals surface area contributed by atoms with Crippen LogP contribution in [0.5, 0.6) is 0 Å². The molecule has 3 heteroatoms. The number of nitrogens with zero attached hydrogens (tertiary/aromatic N) is 2. The molecule has 82 valence electrons. The molecular weight excluding hydrogens is 186 g/mol. The van der Waals surface area contributed by atoms with Gasteiger partial charge in [0.05, 0.1) is 0 Å². The number of aromatic nitrogens is 2. The van der Waals surface area contributed by atoms with Crippen LogP contribution in [0.15, 0.2) is 12.3 Å². The van der Waals surface area contributed by atoms with Gasteiger partial charge in [0.2, 0.25) is 0 Å². The third kappa shape index (κ3) is 2.46. The van der Waals surface area contributed by atoms with Crippen LogP contribution in [0.2, 0.25) is 0 Å². The summed E-state index contributed by atoms with van der Waals surface area (Å²) in [5.74, 6) is 2.94. The van der Waals surface area contributed by atoms with E-state index in [-0.39, 0.29) is 0 Å². The van der Waals surface area contributed by atoms with Crippen LogP contribution in [0, 0.1) is 5.92 Å². The highest BCUT2D eigenvalue weighted by atomic mass is 14.9. The molecule has 0 bridgehead atoms. The van der Waals surface area contributed by atoms with Gasteiger partial charge in [0.25, 0.3) is 0 Å². The summed E-state index contributed by atoms with van der Waals surface area (Å²) < 4.78 is 0. The standard InChI is InChI=1S/C12H19N3/c1-2-9-4-3-5-10(8-9)12-14-7-6-11(13)15-12/h6-7,9-10H,2-5,8H2,1H3,(H2,13,14,15). The molecular formula is C12H19N3. The molecule has 1 aliphatic carbocycles. The Morgan fingerprint density at radius 2 is 2.33 bits per heavy atom. The van der Waals surface area contributed by atoms with Gasteiger partial charge in [0.15, 0.2) is 0 Å². The second-order valence-corrected chi connectivity index (χ2v) is 4.48. The van der Waals surface area contributed by atoms with Crippen LogP contribution < -0.4 is 5.73 Å². The lowest BCUT2D eigenvalue weighted by molar-refractivity contribution is 0.307. The van der Waals surface area contributed by atoms with E-state index in [1.807, 2.05) is 0 Å². The summed E-state index contributed by atoms with van der Waals surface area (Å²) in [6.45, 7) is 2.27. The summed E-state index contributed by atoms with van der Waals surface area (Å²) in [5, 5.41) is 0. The van der Waals surface area contributed by atoms with Gasteiger partial charge in [0, 0.05) is 12.1 Å². The monoisotopic (exact) mass is 205 g/mol. The minimum Gasteiger partial charge on any atom is -0.384 e. The average Bonchev–Trinajstić information content (AvgIpc) is 2.29. The van der Waals surface area contributed by atoms with Crippen molar-refractivity contribution in [2.24, 2.45) is 5.92 Å². The summed E-state index contributed by atoms with van der Waals surface area (Å²) in [6.07, 6.45) is 8.18. The molecule has 0 radical (unpaired) electrons. The van der Waals surface area contributed by atoms with Crippen molar-refractivity contribution in [2.45, 2.75) is 44.9 Å². The number of rotatable bonds is 2. The molecule has 2 unspecified atom stereocenters. The summed E-state index contributed by atoms with van der Waals surface area (Å²) >= 11 is 0. The topological polar surface area (TPSA) is 51.8 Å². The van der Waals surface area contributed by atoms with E-state index in [2.05, 4.69) is 16.9 Å². The third-order valence-electron chi connectivity index (χ3n) is 3.42. The van der Waals surface area contributed by atoms with E-state index in [0.29, 0.717) is 11.7 Å². The normalized spacial score (nSPS) is 26.5. The van der Waals surface area contributed by atoms with Crippen LogP contribution in [-0.2, 0) is 0 Å². The van der Waals surface area contributed by atoms with Gasteiger partial charge in [-0.05, 0) is 24.8 Å². The first-order valence-electron chi connectivity index (χ1n) is 5.88. The molecule has 1 aromatic rings. The largest absolute Gasteiger partial charge is 0.384 e. The Morgan fingerprint density at radius 3 is 3.07 bits per heavy atom. The number of nitrogens with two attached hydrogens (primary N) is 1. The SMILES string of the molecule is CCC1CCCC(c2nccc(N)n2)C1. The number of anilines is 1. The molecule has 0 spiro atoms. The van der Waals surface area contributed by atoms with Crippen molar-refractivity contribution in [3.05, 3.63) is 18.1 Å². The minimum absolute atomic E-state index is 0.534. The van der Waals surface area contributed by atoms with E-state index in [4.69, 9.17) is 5.73 Å². The second-order valence-electron chi connectivity index (χ2n) is 4.48. The van der Waals surface area contributed by atoms with Gasteiger partial charge >= 0.3 is 0 Å². The molecule has 2 N–H and O–H groups in total. The van der Waals surface area contributed by atoms with Crippen LogP contribution in [0.25, 0.3) is 0 Å². The van der Waals surface area contributed by atoms with Gasteiger partial charge in [0.1, 0.15) is 11.6 Å². The maximum absolute atomic E-state index is 5.68. The lowest BCUT2D eigenvalue weighted by atomic mass is 9.80. The second kappa shape index (κ2) is 4.60. The first kappa shape index (κ1) is 10.4. The summed E-state index contributed by atoms with van der Waals surface area (Å²) in [5.41, 5.74) is 5.68. The highest BCUT2D eigenvalue weighted by molar-refractivity contribution is 5.26. The molecule has 1 heterocycles. The van der Waals surface area contributed by atoms with Crippen molar-refractivity contribution in [3.8, 4) is 0 Å². The molecule has 0 aromatic carbocycles. The molecule has 0 saturated heterocycles. The quantitative estimate of drug-likeness (QED) is 0.807. The molecule has 15 heavy (non-hydrogen) atoms. The van der Waals surface area contributed by atoms with Crippen LogP contribution in [-0.4, -0.2) is 9.97 Å². The van der Waals surface area contributed by atoms with E-state index in [9.17, 15) is 0 Å². The molecule has 1 aromatic heterocycles. The smallest absolute Gasteiger partial charge is 0.133 e. The van der Waals surface area contributed by atoms with Crippen molar-refractivity contribution >= 4 is 5.82 Å². The first-order valence-corrected chi connectivity index (χ1v) is 5.88. The van der Waals surface area contributed by atoms with Gasteiger partial charge in [-0.15, -0.1) is 0 Å². The van der Waals surface area contributed by atoms with Crippen LogP contribution >= 0.6 is 0 Å². The van der Waals surface area contributed by atoms with E-state index >= 15 is 0 Å². The highest BCUT2D eigenvalue weighted by Crippen LogP contribution is 2.35. The molecule has 1 saturated carbocycles. The third-order valence-corrected chi connectivity index (χ3v) is 3.42. The zero-order valence-corrected chi connectivity index (χ0v) is 9.32. The lowest BCUT2D eigenvalue weighted by Gasteiger charge is -2.27. The van der Waals surface area contributed by atoms with Gasteiger partial charge in [-0.3, -0.25) is 0 Å². The molecule has 2 rings (SSSR count). The van der Waals surface area contributed by atoms with Crippen molar-refractivity contribution in [2.75, 3.05) is 5.73 Å². The molecule has 1 aliphatic rings. The maximum Gasteiger partial charge on any atom is 0.133 e. The fraction of sp³-hybridized carbons (Fsp3) is 0.667. The zero-order valence-electron chi connectivity index (χ0n) is 9.32. The minimum atomic E-state index is 0.534. The Labute approximate surface area is 91.1 Å². The van der Waals surface area contributed by atoms with Crippen LogP contribution in [0.1, 0.15) is 50.8 Å². The number of hydrogen-bond donors (Lipinski definition) is 1. The first-order chi connectivity index (χ1) is 7.29. The molecule has 1 fully saturated rings. The van der Waals surface area contributed by atoms with Crippen molar-refractivity contribution in [3.63, 3.8) is 0 Å². The van der Waals surface area contributed by atoms with Gasteiger partial charge in [-0.1, -0.05) is 26.2 Å². The number of hydrogen-bond acceptors (Lipinski definition) is 3. The van der Waals surface area contributed by atoms with Gasteiger partial charge < -0.3 is 5.73 Å². The highest BCUT2D eigenvalue weighted by Gasteiger charge is 2.23. The van der Waals surface area contributed by atoms with E-state index in [0.717, 1.165) is 11.7 Å². The molecule has 2 atom stereocenters.